The van der Waals surface area contributed by atoms with Crippen molar-refractivity contribution < 1.29 is 19.5 Å². The van der Waals surface area contributed by atoms with Gasteiger partial charge in [-0.2, -0.15) is 0 Å². The first kappa shape index (κ1) is 17.5. The van der Waals surface area contributed by atoms with Crippen LogP contribution in [0.1, 0.15) is 55.3 Å². The Labute approximate surface area is 147 Å². The van der Waals surface area contributed by atoms with E-state index in [9.17, 15) is 19.5 Å². The summed E-state index contributed by atoms with van der Waals surface area (Å²) in [6.45, 7) is 1.55. The van der Waals surface area contributed by atoms with Crippen LogP contribution in [-0.2, 0) is 9.59 Å². The van der Waals surface area contributed by atoms with Gasteiger partial charge in [0.25, 0.3) is 5.91 Å². The molecule has 1 heterocycles. The number of carboxylic acid groups (broad SMARTS) is 1. The summed E-state index contributed by atoms with van der Waals surface area (Å²) in [7, 11) is 0. The van der Waals surface area contributed by atoms with Gasteiger partial charge in [0.2, 0.25) is 5.91 Å². The minimum absolute atomic E-state index is 0.0212. The molecule has 0 atom stereocenters. The number of hydrogen-bond acceptors (Lipinski definition) is 3. The molecule has 134 valence electrons. The van der Waals surface area contributed by atoms with Gasteiger partial charge in [-0.25, -0.2) is 0 Å². The predicted molar refractivity (Wildman–Crippen MR) is 93.4 cm³/mol. The van der Waals surface area contributed by atoms with E-state index >= 15 is 0 Å². The van der Waals surface area contributed by atoms with E-state index in [0.29, 0.717) is 24.1 Å². The first-order valence-corrected chi connectivity index (χ1v) is 8.93. The highest BCUT2D eigenvalue weighted by atomic mass is 16.4. The number of rotatable bonds is 5. The fraction of sp³-hybridized carbons (Fsp3) is 0.526. The molecule has 2 fully saturated rings. The molecular formula is C19H24N2O4. The number of carbonyl (C=O) groups is 3. The molecule has 2 N–H and O–H groups in total. The van der Waals surface area contributed by atoms with Crippen molar-refractivity contribution in [1.29, 1.82) is 0 Å². The van der Waals surface area contributed by atoms with E-state index in [-0.39, 0.29) is 18.2 Å². The predicted octanol–water partition coefficient (Wildman–Crippen LogP) is 2.90. The van der Waals surface area contributed by atoms with Gasteiger partial charge in [0.05, 0.1) is 5.41 Å². The van der Waals surface area contributed by atoms with Crippen LogP contribution < -0.4 is 5.32 Å². The molecule has 0 radical (unpaired) electrons. The lowest BCUT2D eigenvalue weighted by atomic mass is 9.82. The molecule has 2 aliphatic rings. The van der Waals surface area contributed by atoms with Crippen LogP contribution in [0.15, 0.2) is 24.3 Å². The smallest absolute Gasteiger partial charge is 0.310 e. The molecule has 0 spiro atoms. The Hall–Kier alpha value is -2.37. The van der Waals surface area contributed by atoms with Gasteiger partial charge in [-0.15, -0.1) is 0 Å². The maximum atomic E-state index is 12.4. The number of aliphatic carboxylic acids is 1. The van der Waals surface area contributed by atoms with Gasteiger partial charge in [0.15, 0.2) is 0 Å². The summed E-state index contributed by atoms with van der Waals surface area (Å²) in [5, 5.41) is 12.2. The second-order valence-electron chi connectivity index (χ2n) is 7.10. The summed E-state index contributed by atoms with van der Waals surface area (Å²) in [5.41, 5.74) is 0.148. The Balaban J connectivity index is 1.66. The Morgan fingerprint density at radius 1 is 1.08 bits per heavy atom. The Morgan fingerprint density at radius 3 is 2.40 bits per heavy atom. The van der Waals surface area contributed by atoms with Crippen LogP contribution >= 0.6 is 0 Å². The maximum Gasteiger partial charge on any atom is 0.310 e. The van der Waals surface area contributed by atoms with Gasteiger partial charge in [-0.1, -0.05) is 18.9 Å². The maximum absolute atomic E-state index is 12.4. The van der Waals surface area contributed by atoms with Crippen LogP contribution in [0.2, 0.25) is 0 Å². The molecule has 6 heteroatoms. The summed E-state index contributed by atoms with van der Waals surface area (Å²) < 4.78 is 0. The lowest BCUT2D eigenvalue weighted by Crippen LogP contribution is -2.32. The molecule has 1 aromatic rings. The van der Waals surface area contributed by atoms with Crippen molar-refractivity contribution in [3.63, 3.8) is 0 Å². The van der Waals surface area contributed by atoms with E-state index in [0.717, 1.165) is 38.8 Å². The molecule has 0 aromatic heterocycles. The number of nitrogens with zero attached hydrogens (tertiary/aromatic N) is 1. The van der Waals surface area contributed by atoms with Gasteiger partial charge in [0.1, 0.15) is 0 Å². The third kappa shape index (κ3) is 3.83. The highest BCUT2D eigenvalue weighted by Crippen LogP contribution is 2.41. The van der Waals surface area contributed by atoms with Crippen LogP contribution in [0.3, 0.4) is 0 Å². The second-order valence-corrected chi connectivity index (χ2v) is 7.10. The highest BCUT2D eigenvalue weighted by Gasteiger charge is 2.42. The summed E-state index contributed by atoms with van der Waals surface area (Å²) in [6, 6.07) is 6.87. The molecule has 1 aromatic carbocycles. The van der Waals surface area contributed by atoms with Crippen molar-refractivity contribution in [2.24, 2.45) is 5.41 Å². The average molecular weight is 344 g/mol. The van der Waals surface area contributed by atoms with Crippen LogP contribution in [0.4, 0.5) is 5.69 Å². The fourth-order valence-electron chi connectivity index (χ4n) is 3.86. The fourth-order valence-corrected chi connectivity index (χ4v) is 3.86. The number of likely N-dealkylation sites (tertiary alicyclic amines) is 1. The molecule has 1 aliphatic carbocycles. The quantitative estimate of drug-likeness (QED) is 0.860. The molecule has 0 unspecified atom stereocenters. The zero-order valence-electron chi connectivity index (χ0n) is 14.3. The van der Waals surface area contributed by atoms with E-state index in [1.807, 2.05) is 4.90 Å². The molecule has 0 bridgehead atoms. The molecule has 6 nitrogen and oxygen atoms in total. The van der Waals surface area contributed by atoms with Crippen molar-refractivity contribution in [1.82, 2.24) is 4.90 Å². The van der Waals surface area contributed by atoms with E-state index in [4.69, 9.17) is 0 Å². The molecule has 1 saturated carbocycles. The van der Waals surface area contributed by atoms with Crippen molar-refractivity contribution in [2.75, 3.05) is 18.4 Å². The third-order valence-electron chi connectivity index (χ3n) is 5.30. The Morgan fingerprint density at radius 2 is 1.76 bits per heavy atom. The van der Waals surface area contributed by atoms with Gasteiger partial charge in [0, 0.05) is 30.8 Å². The van der Waals surface area contributed by atoms with Crippen molar-refractivity contribution >= 4 is 23.5 Å². The van der Waals surface area contributed by atoms with E-state index in [2.05, 4.69) is 5.32 Å². The number of carbonyl (C=O) groups excluding carboxylic acids is 2. The van der Waals surface area contributed by atoms with Gasteiger partial charge in [-0.05, 0) is 43.9 Å². The molecule has 1 saturated heterocycles. The number of anilines is 1. The topological polar surface area (TPSA) is 86.7 Å². The van der Waals surface area contributed by atoms with Crippen molar-refractivity contribution in [2.45, 2.75) is 44.9 Å². The summed E-state index contributed by atoms with van der Waals surface area (Å²) >= 11 is 0. The van der Waals surface area contributed by atoms with Gasteiger partial charge < -0.3 is 15.3 Å². The Bertz CT molecular complexity index is 674. The number of hydrogen-bond donors (Lipinski definition) is 2. The largest absolute Gasteiger partial charge is 0.481 e. The van der Waals surface area contributed by atoms with Crippen molar-refractivity contribution in [3.8, 4) is 0 Å². The third-order valence-corrected chi connectivity index (χ3v) is 5.30. The highest BCUT2D eigenvalue weighted by molar-refractivity contribution is 5.98. The van der Waals surface area contributed by atoms with Crippen LogP contribution in [0, 0.1) is 5.41 Å². The molecule has 3 rings (SSSR count). The zero-order chi connectivity index (χ0) is 17.9. The number of carboxylic acids is 1. The van der Waals surface area contributed by atoms with Crippen LogP contribution in [0.25, 0.3) is 0 Å². The number of benzene rings is 1. The van der Waals surface area contributed by atoms with Gasteiger partial charge >= 0.3 is 5.97 Å². The monoisotopic (exact) mass is 344 g/mol. The lowest BCUT2D eigenvalue weighted by molar-refractivity contribution is -0.150. The van der Waals surface area contributed by atoms with Crippen LogP contribution in [-0.4, -0.2) is 40.9 Å². The van der Waals surface area contributed by atoms with Crippen molar-refractivity contribution in [3.05, 3.63) is 29.8 Å². The standard InChI is InChI=1S/C19H24N2O4/c22-16(13-19(18(24)25)8-1-2-9-19)20-15-7-5-6-14(12-15)17(23)21-10-3-4-11-21/h5-7,12H,1-4,8-11,13H2,(H,20,22)(H,24,25). The molecular weight excluding hydrogens is 320 g/mol. The Kier molecular flexibility index (Phi) is 5.06. The average Bonchev–Trinajstić information content (AvgIpc) is 3.26. The minimum Gasteiger partial charge on any atom is -0.481 e. The van der Waals surface area contributed by atoms with E-state index < -0.39 is 11.4 Å². The summed E-state index contributed by atoms with van der Waals surface area (Å²) in [4.78, 5) is 38.2. The molecule has 1 aliphatic heterocycles. The SMILES string of the molecule is O=C(CC1(C(=O)O)CCCC1)Nc1cccc(C(=O)N2CCCC2)c1. The first-order valence-electron chi connectivity index (χ1n) is 8.93. The first-order chi connectivity index (χ1) is 12.0. The van der Waals surface area contributed by atoms with Gasteiger partial charge in [-0.3, -0.25) is 14.4 Å². The number of nitrogens with one attached hydrogen (secondary N) is 1. The molecule has 25 heavy (non-hydrogen) atoms. The summed E-state index contributed by atoms with van der Waals surface area (Å²) in [5.74, 6) is -1.22. The molecule has 2 amide bonds. The van der Waals surface area contributed by atoms with E-state index in [1.165, 1.54) is 0 Å². The zero-order valence-corrected chi connectivity index (χ0v) is 14.3. The second kappa shape index (κ2) is 7.25. The van der Waals surface area contributed by atoms with E-state index in [1.54, 1.807) is 24.3 Å². The summed E-state index contributed by atoms with van der Waals surface area (Å²) in [6.07, 6.45) is 4.82. The minimum atomic E-state index is -0.937. The number of amides is 2. The normalized spacial score (nSPS) is 19.0. The van der Waals surface area contributed by atoms with Crippen LogP contribution in [0.5, 0.6) is 0 Å². The lowest BCUT2D eigenvalue weighted by Gasteiger charge is -2.23.